The van der Waals surface area contributed by atoms with Gasteiger partial charge < -0.3 is 0 Å². The highest BCUT2D eigenvalue weighted by Crippen LogP contribution is 2.01. The number of hydrogen-bond donors (Lipinski definition) is 1. The van der Waals surface area contributed by atoms with Gasteiger partial charge >= 0.3 is 0 Å². The molecule has 0 saturated carbocycles. The molecular formula is C10H24N2. The third-order valence-corrected chi connectivity index (χ3v) is 1.62. The lowest BCUT2D eigenvalue weighted by molar-refractivity contribution is 0.159. The summed E-state index contributed by atoms with van der Waals surface area (Å²) < 4.78 is 0. The number of unbranched alkanes of at least 4 members (excludes halogenated alkanes) is 2. The van der Waals surface area contributed by atoms with Crippen LogP contribution in [0.4, 0.5) is 0 Å². The van der Waals surface area contributed by atoms with Gasteiger partial charge in [-0.1, -0.05) is 19.8 Å². The number of rotatable bonds is 5. The molecule has 2 heteroatoms. The van der Waals surface area contributed by atoms with Crippen LogP contribution in [-0.2, 0) is 0 Å². The summed E-state index contributed by atoms with van der Waals surface area (Å²) in [5, 5.41) is 2.19. The lowest BCUT2D eigenvalue weighted by Gasteiger charge is -2.28. The summed E-state index contributed by atoms with van der Waals surface area (Å²) in [7, 11) is 2.11. The molecule has 2 nitrogen and oxygen atoms in total. The van der Waals surface area contributed by atoms with Gasteiger partial charge in [-0.25, -0.2) is 5.01 Å². The number of nitrogens with one attached hydrogen (secondary N) is 1. The minimum Gasteiger partial charge on any atom is -0.250 e. The molecule has 0 atom stereocenters. The Kier molecular flexibility index (Phi) is 5.51. The van der Waals surface area contributed by atoms with Crippen LogP contribution in [-0.4, -0.2) is 24.1 Å². The summed E-state index contributed by atoms with van der Waals surface area (Å²) >= 11 is 0. The van der Waals surface area contributed by atoms with Crippen molar-refractivity contribution in [2.24, 2.45) is 0 Å². The Bertz CT molecular complexity index is 105. The molecule has 0 aliphatic carbocycles. The van der Waals surface area contributed by atoms with Gasteiger partial charge in [0.25, 0.3) is 0 Å². The fourth-order valence-corrected chi connectivity index (χ4v) is 1.23. The van der Waals surface area contributed by atoms with Crippen molar-refractivity contribution in [2.75, 3.05) is 13.6 Å². The Hall–Kier alpha value is -0.0800. The van der Waals surface area contributed by atoms with Crippen molar-refractivity contribution >= 4 is 0 Å². The van der Waals surface area contributed by atoms with Crippen molar-refractivity contribution in [3.63, 3.8) is 0 Å². The monoisotopic (exact) mass is 172 g/mol. The Balaban J connectivity index is 3.40. The first kappa shape index (κ1) is 11.9. The maximum absolute atomic E-state index is 3.41. The number of nitrogens with zero attached hydrogens (tertiary/aromatic N) is 1. The van der Waals surface area contributed by atoms with Crippen molar-refractivity contribution in [1.82, 2.24) is 10.4 Å². The summed E-state index contributed by atoms with van der Waals surface area (Å²) in [6.45, 7) is 9.93. The molecule has 1 N–H and O–H groups in total. The maximum atomic E-state index is 3.41. The second kappa shape index (κ2) is 5.55. The van der Waals surface area contributed by atoms with Crippen LogP contribution < -0.4 is 5.43 Å². The third kappa shape index (κ3) is 8.02. The molecule has 12 heavy (non-hydrogen) atoms. The molecule has 0 aromatic carbocycles. The molecule has 0 aliphatic rings. The van der Waals surface area contributed by atoms with E-state index in [1.807, 2.05) is 0 Å². The molecule has 0 aromatic heterocycles. The Morgan fingerprint density at radius 2 is 1.75 bits per heavy atom. The smallest absolute Gasteiger partial charge is 0.0241 e. The maximum Gasteiger partial charge on any atom is 0.0241 e. The summed E-state index contributed by atoms with van der Waals surface area (Å²) in [5.41, 5.74) is 3.61. The van der Waals surface area contributed by atoms with Crippen LogP contribution in [0.25, 0.3) is 0 Å². The van der Waals surface area contributed by atoms with Crippen LogP contribution >= 0.6 is 0 Å². The molecule has 0 saturated heterocycles. The summed E-state index contributed by atoms with van der Waals surface area (Å²) in [6.07, 6.45) is 3.91. The van der Waals surface area contributed by atoms with E-state index in [2.05, 4.69) is 45.2 Å². The molecular weight excluding hydrogens is 148 g/mol. The summed E-state index contributed by atoms with van der Waals surface area (Å²) in [6, 6.07) is 0. The molecule has 0 heterocycles. The second-order valence-electron chi connectivity index (χ2n) is 4.49. The van der Waals surface area contributed by atoms with Crippen LogP contribution in [0.3, 0.4) is 0 Å². The van der Waals surface area contributed by atoms with E-state index in [1.54, 1.807) is 0 Å². The quantitative estimate of drug-likeness (QED) is 0.506. The fourth-order valence-electron chi connectivity index (χ4n) is 1.23. The molecule has 74 valence electrons. The normalized spacial score (nSPS) is 12.5. The summed E-state index contributed by atoms with van der Waals surface area (Å²) in [5.74, 6) is 0. The van der Waals surface area contributed by atoms with Crippen LogP contribution in [0.15, 0.2) is 0 Å². The predicted octanol–water partition coefficient (Wildman–Crippen LogP) is 2.41. The van der Waals surface area contributed by atoms with E-state index in [0.29, 0.717) is 0 Å². The topological polar surface area (TPSA) is 15.3 Å². The predicted molar refractivity (Wildman–Crippen MR) is 55.0 cm³/mol. The fraction of sp³-hybridized carbons (Fsp3) is 1.00. The zero-order valence-corrected chi connectivity index (χ0v) is 9.28. The number of hydrazine groups is 1. The Morgan fingerprint density at radius 1 is 1.17 bits per heavy atom. The van der Waals surface area contributed by atoms with Gasteiger partial charge in [0.2, 0.25) is 0 Å². The third-order valence-electron chi connectivity index (χ3n) is 1.62. The van der Waals surface area contributed by atoms with Crippen LogP contribution in [0.1, 0.15) is 47.0 Å². The van der Waals surface area contributed by atoms with Crippen molar-refractivity contribution in [3.05, 3.63) is 0 Å². The highest BCUT2D eigenvalue weighted by molar-refractivity contribution is 4.67. The van der Waals surface area contributed by atoms with Gasteiger partial charge in [-0.05, 0) is 27.2 Å². The molecule has 0 rings (SSSR count). The van der Waals surface area contributed by atoms with E-state index in [-0.39, 0.29) is 5.54 Å². The van der Waals surface area contributed by atoms with Crippen LogP contribution in [0, 0.1) is 0 Å². The zero-order chi connectivity index (χ0) is 9.61. The van der Waals surface area contributed by atoms with Crippen LogP contribution in [0.2, 0.25) is 0 Å². The van der Waals surface area contributed by atoms with E-state index in [1.165, 1.54) is 19.3 Å². The molecule has 0 bridgehead atoms. The average Bonchev–Trinajstić information content (AvgIpc) is 1.84. The van der Waals surface area contributed by atoms with Gasteiger partial charge in [-0.3, -0.25) is 5.43 Å². The zero-order valence-electron chi connectivity index (χ0n) is 9.28. The average molecular weight is 172 g/mol. The minimum atomic E-state index is 0.195. The van der Waals surface area contributed by atoms with Crippen molar-refractivity contribution in [3.8, 4) is 0 Å². The molecule has 0 spiro atoms. The van der Waals surface area contributed by atoms with Crippen molar-refractivity contribution in [1.29, 1.82) is 0 Å². The van der Waals surface area contributed by atoms with Gasteiger partial charge in [-0.2, -0.15) is 0 Å². The first-order chi connectivity index (χ1) is 5.45. The SMILES string of the molecule is CCCCCN(C)NC(C)(C)C. The lowest BCUT2D eigenvalue weighted by atomic mass is 10.1. The standard InChI is InChI=1S/C10H24N2/c1-6-7-8-9-12(5)11-10(2,3)4/h11H,6-9H2,1-5H3. The summed E-state index contributed by atoms with van der Waals surface area (Å²) in [4.78, 5) is 0. The highest BCUT2D eigenvalue weighted by atomic mass is 15.5. The van der Waals surface area contributed by atoms with E-state index < -0.39 is 0 Å². The van der Waals surface area contributed by atoms with E-state index in [0.717, 1.165) is 6.54 Å². The van der Waals surface area contributed by atoms with Crippen molar-refractivity contribution < 1.29 is 0 Å². The Labute approximate surface area is 77.3 Å². The Morgan fingerprint density at radius 3 is 2.17 bits per heavy atom. The molecule has 0 amide bonds. The van der Waals surface area contributed by atoms with Gasteiger partial charge in [-0.15, -0.1) is 0 Å². The van der Waals surface area contributed by atoms with Gasteiger partial charge in [0, 0.05) is 19.1 Å². The molecule has 0 aromatic rings. The number of hydrogen-bond acceptors (Lipinski definition) is 2. The molecule has 0 radical (unpaired) electrons. The van der Waals surface area contributed by atoms with Crippen molar-refractivity contribution in [2.45, 2.75) is 52.5 Å². The van der Waals surface area contributed by atoms with Gasteiger partial charge in [0.05, 0.1) is 0 Å². The van der Waals surface area contributed by atoms with E-state index in [4.69, 9.17) is 0 Å². The molecule has 0 unspecified atom stereocenters. The van der Waals surface area contributed by atoms with Gasteiger partial charge in [0.15, 0.2) is 0 Å². The molecule has 0 aliphatic heterocycles. The van der Waals surface area contributed by atoms with E-state index >= 15 is 0 Å². The van der Waals surface area contributed by atoms with E-state index in [9.17, 15) is 0 Å². The van der Waals surface area contributed by atoms with Crippen LogP contribution in [0.5, 0.6) is 0 Å². The first-order valence-corrected chi connectivity index (χ1v) is 4.94. The minimum absolute atomic E-state index is 0.195. The first-order valence-electron chi connectivity index (χ1n) is 4.94. The molecule has 0 fully saturated rings. The highest BCUT2D eigenvalue weighted by Gasteiger charge is 2.10. The second-order valence-corrected chi connectivity index (χ2v) is 4.49. The largest absolute Gasteiger partial charge is 0.250 e. The van der Waals surface area contributed by atoms with Gasteiger partial charge in [0.1, 0.15) is 0 Å². The lowest BCUT2D eigenvalue weighted by Crippen LogP contribution is -2.47.